The first-order valence-electron chi connectivity index (χ1n) is 7.34. The highest BCUT2D eigenvalue weighted by Gasteiger charge is 2.63. The molecule has 1 saturated carbocycles. The molecule has 0 heterocycles. The third-order valence-electron chi connectivity index (χ3n) is 4.77. The van der Waals surface area contributed by atoms with Gasteiger partial charge in [0.15, 0.2) is 0 Å². The maximum Gasteiger partial charge on any atom is 0.534 e. The molecule has 0 aromatic carbocycles. The van der Waals surface area contributed by atoms with Crippen LogP contribution >= 0.6 is 0 Å². The average Bonchev–Trinajstić information content (AvgIpc) is 3.00. The SMILES string of the molecule is CC(C)=CCC[C@H](C)[C@@]12CC=C(OS(=O)(=O)C(F)(F)F)[C@@H]1C2. The van der Waals surface area contributed by atoms with Gasteiger partial charge in [-0.2, -0.15) is 21.6 Å². The highest BCUT2D eigenvalue weighted by atomic mass is 32.2. The van der Waals surface area contributed by atoms with Crippen LogP contribution in [0, 0.1) is 17.3 Å². The maximum absolute atomic E-state index is 12.4. The van der Waals surface area contributed by atoms with Crippen LogP contribution in [-0.2, 0) is 14.3 Å². The van der Waals surface area contributed by atoms with E-state index in [1.54, 1.807) is 0 Å². The van der Waals surface area contributed by atoms with Crippen molar-refractivity contribution in [1.82, 2.24) is 0 Å². The molecule has 0 saturated heterocycles. The van der Waals surface area contributed by atoms with Crippen molar-refractivity contribution in [2.24, 2.45) is 17.3 Å². The predicted molar refractivity (Wildman–Crippen MR) is 77.1 cm³/mol. The van der Waals surface area contributed by atoms with Crippen LogP contribution < -0.4 is 0 Å². The zero-order valence-corrected chi connectivity index (χ0v) is 13.7. The number of allylic oxidation sites excluding steroid dienone is 4. The highest BCUT2D eigenvalue weighted by molar-refractivity contribution is 7.87. The van der Waals surface area contributed by atoms with Gasteiger partial charge in [-0.15, -0.1) is 0 Å². The lowest BCUT2D eigenvalue weighted by Gasteiger charge is -2.20. The van der Waals surface area contributed by atoms with Gasteiger partial charge in [-0.3, -0.25) is 0 Å². The molecule has 0 spiro atoms. The van der Waals surface area contributed by atoms with Crippen molar-refractivity contribution in [3.05, 3.63) is 23.5 Å². The molecule has 0 aliphatic heterocycles. The Hall–Kier alpha value is -0.980. The third-order valence-corrected chi connectivity index (χ3v) is 5.75. The lowest BCUT2D eigenvalue weighted by atomic mass is 9.84. The molecule has 2 rings (SSSR count). The number of rotatable bonds is 6. The van der Waals surface area contributed by atoms with Crippen molar-refractivity contribution >= 4 is 10.1 Å². The van der Waals surface area contributed by atoms with Gasteiger partial charge >= 0.3 is 15.6 Å². The van der Waals surface area contributed by atoms with Gasteiger partial charge in [0, 0.05) is 5.92 Å². The monoisotopic (exact) mass is 338 g/mol. The predicted octanol–water partition coefficient (Wildman–Crippen LogP) is 4.53. The first-order chi connectivity index (χ1) is 9.99. The van der Waals surface area contributed by atoms with Crippen LogP contribution in [0.4, 0.5) is 13.2 Å². The molecule has 3 atom stereocenters. The third kappa shape index (κ3) is 3.19. The van der Waals surface area contributed by atoms with E-state index in [1.165, 1.54) is 11.6 Å². The standard InChI is InChI=1S/C15H21F3O3S/c1-10(2)5-4-6-11(3)14-8-7-13(12(14)9-14)21-22(19,20)15(16,17)18/h5,7,11-12H,4,6,8-9H2,1-3H3/t11-,12-,14-/m0/s1. The maximum atomic E-state index is 12.4. The van der Waals surface area contributed by atoms with Crippen LogP contribution in [0.5, 0.6) is 0 Å². The fourth-order valence-electron chi connectivity index (χ4n) is 3.28. The Morgan fingerprint density at radius 3 is 2.64 bits per heavy atom. The molecule has 7 heteroatoms. The molecular formula is C15H21F3O3S. The Labute approximate surface area is 129 Å². The largest absolute Gasteiger partial charge is 0.534 e. The highest BCUT2D eigenvalue weighted by Crippen LogP contribution is 2.68. The molecule has 0 radical (unpaired) electrons. The molecule has 3 nitrogen and oxygen atoms in total. The van der Waals surface area contributed by atoms with Gasteiger partial charge in [0.2, 0.25) is 0 Å². The van der Waals surface area contributed by atoms with Gasteiger partial charge in [0.25, 0.3) is 0 Å². The van der Waals surface area contributed by atoms with E-state index in [0.717, 1.165) is 12.8 Å². The fraction of sp³-hybridized carbons (Fsp3) is 0.733. The molecule has 0 unspecified atom stereocenters. The first-order valence-corrected chi connectivity index (χ1v) is 8.74. The minimum atomic E-state index is -5.55. The zero-order valence-electron chi connectivity index (χ0n) is 12.9. The molecular weight excluding hydrogens is 317 g/mol. The Kier molecular flexibility index (Phi) is 4.41. The van der Waals surface area contributed by atoms with Crippen LogP contribution in [0.3, 0.4) is 0 Å². The minimum absolute atomic E-state index is 0.0219. The van der Waals surface area contributed by atoms with Crippen LogP contribution in [0.2, 0.25) is 0 Å². The van der Waals surface area contributed by atoms with Crippen molar-refractivity contribution in [3.8, 4) is 0 Å². The molecule has 126 valence electrons. The molecule has 2 aliphatic carbocycles. The van der Waals surface area contributed by atoms with E-state index < -0.39 is 15.6 Å². The zero-order chi connectivity index (χ0) is 16.8. The summed E-state index contributed by atoms with van der Waals surface area (Å²) >= 11 is 0. The summed E-state index contributed by atoms with van der Waals surface area (Å²) in [5.74, 6) is 0.108. The lowest BCUT2D eigenvalue weighted by molar-refractivity contribution is -0.0524. The van der Waals surface area contributed by atoms with Crippen LogP contribution in [0.15, 0.2) is 23.5 Å². The number of hydrogen-bond acceptors (Lipinski definition) is 3. The van der Waals surface area contributed by atoms with E-state index in [1.807, 2.05) is 13.8 Å². The van der Waals surface area contributed by atoms with Crippen molar-refractivity contribution in [2.75, 3.05) is 0 Å². The summed E-state index contributed by atoms with van der Waals surface area (Å²) in [7, 11) is -5.55. The van der Waals surface area contributed by atoms with Gasteiger partial charge in [-0.1, -0.05) is 18.6 Å². The molecule has 0 bridgehead atoms. The van der Waals surface area contributed by atoms with Crippen molar-refractivity contribution in [1.29, 1.82) is 0 Å². The molecule has 1 fully saturated rings. The van der Waals surface area contributed by atoms with Crippen LogP contribution in [-0.4, -0.2) is 13.9 Å². The average molecular weight is 338 g/mol. The van der Waals surface area contributed by atoms with Crippen LogP contribution in [0.1, 0.15) is 46.5 Å². The normalized spacial score (nSPS) is 28.6. The van der Waals surface area contributed by atoms with Gasteiger partial charge in [0.05, 0.1) is 0 Å². The molecule has 2 aliphatic rings. The van der Waals surface area contributed by atoms with E-state index >= 15 is 0 Å². The van der Waals surface area contributed by atoms with E-state index in [9.17, 15) is 21.6 Å². The summed E-state index contributed by atoms with van der Waals surface area (Å²) < 4.78 is 63.7. The Bertz CT molecular complexity index is 600. The molecule has 22 heavy (non-hydrogen) atoms. The van der Waals surface area contributed by atoms with Crippen molar-refractivity contribution in [3.63, 3.8) is 0 Å². The van der Waals surface area contributed by atoms with Gasteiger partial charge in [-0.25, -0.2) is 0 Å². The second-order valence-corrected chi connectivity index (χ2v) is 8.08. The number of hydrogen-bond donors (Lipinski definition) is 0. The second kappa shape index (κ2) is 5.58. The van der Waals surface area contributed by atoms with E-state index in [0.29, 0.717) is 18.8 Å². The summed E-state index contributed by atoms with van der Waals surface area (Å²) in [5.41, 5.74) is -4.24. The summed E-state index contributed by atoms with van der Waals surface area (Å²) in [6.07, 6.45) is 6.82. The fourth-order valence-corrected chi connectivity index (χ4v) is 3.82. The van der Waals surface area contributed by atoms with Gasteiger partial charge < -0.3 is 4.18 Å². The Morgan fingerprint density at radius 1 is 1.50 bits per heavy atom. The van der Waals surface area contributed by atoms with E-state index in [2.05, 4.69) is 17.2 Å². The van der Waals surface area contributed by atoms with Crippen molar-refractivity contribution < 1.29 is 25.8 Å². The molecule has 0 aromatic rings. The number of halogens is 3. The first kappa shape index (κ1) is 17.4. The molecule has 0 N–H and O–H groups in total. The van der Waals surface area contributed by atoms with E-state index in [-0.39, 0.29) is 17.1 Å². The summed E-state index contributed by atoms with van der Waals surface area (Å²) in [6.45, 7) is 6.12. The molecule has 0 aromatic heterocycles. The van der Waals surface area contributed by atoms with Crippen molar-refractivity contribution in [2.45, 2.75) is 52.0 Å². The van der Waals surface area contributed by atoms with Gasteiger partial charge in [-0.05, 0) is 56.9 Å². The summed E-state index contributed by atoms with van der Waals surface area (Å²) in [5, 5.41) is 0. The lowest BCUT2D eigenvalue weighted by Crippen LogP contribution is -2.25. The van der Waals surface area contributed by atoms with E-state index in [4.69, 9.17) is 0 Å². The topological polar surface area (TPSA) is 43.4 Å². The number of fused-ring (bicyclic) bond motifs is 1. The van der Waals surface area contributed by atoms with Crippen LogP contribution in [0.25, 0.3) is 0 Å². The summed E-state index contributed by atoms with van der Waals surface area (Å²) in [4.78, 5) is 0. The smallest absolute Gasteiger partial charge is 0.381 e. The summed E-state index contributed by atoms with van der Waals surface area (Å²) in [6, 6.07) is 0. The second-order valence-electron chi connectivity index (χ2n) is 6.54. The number of alkyl halides is 3. The Balaban J connectivity index is 1.96. The minimum Gasteiger partial charge on any atom is -0.381 e. The quantitative estimate of drug-likeness (QED) is 0.406. The Morgan fingerprint density at radius 2 is 2.14 bits per heavy atom. The molecule has 0 amide bonds. The van der Waals surface area contributed by atoms with Gasteiger partial charge in [0.1, 0.15) is 5.76 Å².